The molecule has 40 heavy (non-hydrogen) atoms. The van der Waals surface area contributed by atoms with E-state index < -0.39 is 35.5 Å². The Bertz CT molecular complexity index is 1070. The van der Waals surface area contributed by atoms with Crippen LogP contribution < -0.4 is 10.6 Å². The SMILES string of the molecule is CC(C)(C)OC(=O)N[C@H](C(=O)N1CCN(C(=O)[C@@H](NC(=O)OC(C)(C)C)c2ccccc2)CC1)c1ccccc1. The van der Waals surface area contributed by atoms with E-state index in [0.29, 0.717) is 11.1 Å². The normalized spacial score (nSPS) is 15.4. The van der Waals surface area contributed by atoms with Gasteiger partial charge in [-0.05, 0) is 52.7 Å². The van der Waals surface area contributed by atoms with Gasteiger partial charge in [-0.3, -0.25) is 9.59 Å². The zero-order valence-electron chi connectivity index (χ0n) is 24.1. The maximum absolute atomic E-state index is 13.6. The first-order chi connectivity index (χ1) is 18.7. The average Bonchev–Trinajstić information content (AvgIpc) is 2.89. The number of benzene rings is 2. The second-order valence-electron chi connectivity index (χ2n) is 11.6. The molecule has 0 radical (unpaired) electrons. The van der Waals surface area contributed by atoms with E-state index in [1.165, 1.54) is 0 Å². The molecule has 4 amide bonds. The molecule has 2 aromatic rings. The summed E-state index contributed by atoms with van der Waals surface area (Å²) < 4.78 is 10.8. The van der Waals surface area contributed by atoms with Crippen LogP contribution in [0.1, 0.15) is 64.8 Å². The first kappa shape index (κ1) is 30.5. The highest BCUT2D eigenvalue weighted by atomic mass is 16.6. The van der Waals surface area contributed by atoms with Gasteiger partial charge in [-0.1, -0.05) is 60.7 Å². The van der Waals surface area contributed by atoms with Gasteiger partial charge in [0.25, 0.3) is 0 Å². The molecule has 2 atom stereocenters. The third-order valence-electron chi connectivity index (χ3n) is 5.98. The van der Waals surface area contributed by atoms with Gasteiger partial charge in [-0.15, -0.1) is 0 Å². The summed E-state index contributed by atoms with van der Waals surface area (Å²) in [5.74, 6) is -0.591. The minimum Gasteiger partial charge on any atom is -0.444 e. The van der Waals surface area contributed by atoms with Gasteiger partial charge in [0.15, 0.2) is 0 Å². The Kier molecular flexibility index (Phi) is 9.78. The van der Waals surface area contributed by atoms with Gasteiger partial charge in [-0.25, -0.2) is 9.59 Å². The Morgan fingerprint density at radius 3 is 1.18 bits per heavy atom. The minimum atomic E-state index is -0.941. The van der Waals surface area contributed by atoms with Crippen LogP contribution in [0.4, 0.5) is 9.59 Å². The lowest BCUT2D eigenvalue weighted by molar-refractivity contribution is -0.142. The number of piperazine rings is 1. The number of carbonyl (C=O) groups is 4. The van der Waals surface area contributed by atoms with Crippen LogP contribution in [-0.4, -0.2) is 71.2 Å². The molecule has 216 valence electrons. The van der Waals surface area contributed by atoms with E-state index in [1.807, 2.05) is 12.1 Å². The number of hydrogen-bond donors (Lipinski definition) is 2. The summed E-state index contributed by atoms with van der Waals surface area (Å²) in [4.78, 5) is 55.5. The number of hydrogen-bond acceptors (Lipinski definition) is 6. The van der Waals surface area contributed by atoms with Crippen LogP contribution in [0.15, 0.2) is 60.7 Å². The topological polar surface area (TPSA) is 117 Å². The van der Waals surface area contributed by atoms with Gasteiger partial charge in [-0.2, -0.15) is 0 Å². The van der Waals surface area contributed by atoms with Crippen molar-refractivity contribution in [2.75, 3.05) is 26.2 Å². The average molecular weight is 553 g/mol. The van der Waals surface area contributed by atoms with Crippen LogP contribution in [0.3, 0.4) is 0 Å². The maximum atomic E-state index is 13.6. The van der Waals surface area contributed by atoms with Crippen molar-refractivity contribution in [2.45, 2.75) is 64.8 Å². The van der Waals surface area contributed by atoms with Crippen molar-refractivity contribution in [3.63, 3.8) is 0 Å². The molecule has 1 heterocycles. The van der Waals surface area contributed by atoms with E-state index >= 15 is 0 Å². The Morgan fingerprint density at radius 1 is 0.600 bits per heavy atom. The predicted molar refractivity (Wildman–Crippen MR) is 150 cm³/mol. The Hall–Kier alpha value is -4.08. The van der Waals surface area contributed by atoms with Crippen molar-refractivity contribution in [3.05, 3.63) is 71.8 Å². The second kappa shape index (κ2) is 12.8. The van der Waals surface area contributed by atoms with Crippen LogP contribution in [0.2, 0.25) is 0 Å². The molecular weight excluding hydrogens is 512 g/mol. The molecule has 3 rings (SSSR count). The van der Waals surface area contributed by atoms with Crippen LogP contribution in [0.5, 0.6) is 0 Å². The van der Waals surface area contributed by atoms with Crippen molar-refractivity contribution >= 4 is 24.0 Å². The number of rotatable bonds is 6. The fraction of sp³-hybridized carbons (Fsp3) is 0.467. The molecule has 2 N–H and O–H groups in total. The van der Waals surface area contributed by atoms with Crippen molar-refractivity contribution in [1.29, 1.82) is 0 Å². The second-order valence-corrected chi connectivity index (χ2v) is 11.6. The minimum absolute atomic E-state index is 0.262. The molecular formula is C30H40N4O6. The Morgan fingerprint density at radius 2 is 0.900 bits per heavy atom. The van der Waals surface area contributed by atoms with Crippen molar-refractivity contribution in [1.82, 2.24) is 20.4 Å². The van der Waals surface area contributed by atoms with Gasteiger partial charge in [0.05, 0.1) is 0 Å². The van der Waals surface area contributed by atoms with E-state index in [1.54, 1.807) is 99.9 Å². The summed E-state index contributed by atoms with van der Waals surface area (Å²) in [6, 6.07) is 16.0. The monoisotopic (exact) mass is 552 g/mol. The predicted octanol–water partition coefficient (Wildman–Crippen LogP) is 4.19. The molecule has 1 aliphatic heterocycles. The summed E-state index contributed by atoms with van der Waals surface area (Å²) in [6.45, 7) is 11.6. The number of ether oxygens (including phenoxy) is 2. The van der Waals surface area contributed by atoms with E-state index in [4.69, 9.17) is 9.47 Å². The largest absolute Gasteiger partial charge is 0.444 e. The van der Waals surface area contributed by atoms with Crippen LogP contribution in [-0.2, 0) is 19.1 Å². The van der Waals surface area contributed by atoms with Gasteiger partial charge in [0.2, 0.25) is 11.8 Å². The standard InChI is InChI=1S/C30H40N4O6/c1-29(2,3)39-27(37)31-23(21-13-9-7-10-14-21)25(35)33-17-19-34(20-18-33)26(36)24(22-15-11-8-12-16-22)32-28(38)40-30(4,5)6/h7-16,23-24H,17-20H2,1-6H3,(H,31,37)(H,32,38)/t23-,24-/m0/s1. The first-order valence-electron chi connectivity index (χ1n) is 13.4. The summed E-state index contributed by atoms with van der Waals surface area (Å²) in [7, 11) is 0. The number of alkyl carbamates (subject to hydrolysis) is 2. The summed E-state index contributed by atoms with van der Waals surface area (Å²) >= 11 is 0. The van der Waals surface area contributed by atoms with E-state index in [2.05, 4.69) is 10.6 Å². The summed E-state index contributed by atoms with van der Waals surface area (Å²) in [6.07, 6.45) is -1.38. The highest BCUT2D eigenvalue weighted by Crippen LogP contribution is 2.21. The molecule has 10 nitrogen and oxygen atoms in total. The summed E-state index contributed by atoms with van der Waals surface area (Å²) in [5.41, 5.74) is -0.184. The zero-order valence-corrected chi connectivity index (χ0v) is 24.1. The molecule has 1 aliphatic rings. The first-order valence-corrected chi connectivity index (χ1v) is 13.4. The number of nitrogens with one attached hydrogen (secondary N) is 2. The zero-order chi connectivity index (χ0) is 29.5. The molecule has 0 saturated carbocycles. The lowest BCUT2D eigenvalue weighted by atomic mass is 10.0. The molecule has 1 saturated heterocycles. The third kappa shape index (κ3) is 9.00. The molecule has 0 aromatic heterocycles. The van der Waals surface area contributed by atoms with Crippen molar-refractivity contribution < 1.29 is 28.7 Å². The van der Waals surface area contributed by atoms with Crippen LogP contribution in [0.25, 0.3) is 0 Å². The quantitative estimate of drug-likeness (QED) is 0.555. The molecule has 10 heteroatoms. The van der Waals surface area contributed by atoms with Crippen LogP contribution in [0, 0.1) is 0 Å². The maximum Gasteiger partial charge on any atom is 0.408 e. The van der Waals surface area contributed by atoms with Gasteiger partial charge < -0.3 is 29.9 Å². The molecule has 0 bridgehead atoms. The molecule has 0 aliphatic carbocycles. The fourth-order valence-electron chi connectivity index (χ4n) is 4.23. The lowest BCUT2D eigenvalue weighted by Crippen LogP contribution is -2.55. The highest BCUT2D eigenvalue weighted by Gasteiger charge is 2.35. The Balaban J connectivity index is 1.71. The van der Waals surface area contributed by atoms with Gasteiger partial charge >= 0.3 is 12.2 Å². The molecule has 1 fully saturated rings. The highest BCUT2D eigenvalue weighted by molar-refractivity contribution is 5.89. The third-order valence-corrected chi connectivity index (χ3v) is 5.98. The van der Waals surface area contributed by atoms with E-state index in [9.17, 15) is 19.2 Å². The number of carbonyl (C=O) groups excluding carboxylic acids is 4. The van der Waals surface area contributed by atoms with Crippen LogP contribution >= 0.6 is 0 Å². The fourth-order valence-corrected chi connectivity index (χ4v) is 4.23. The molecule has 0 spiro atoms. The van der Waals surface area contributed by atoms with Crippen molar-refractivity contribution in [3.8, 4) is 0 Å². The van der Waals surface area contributed by atoms with Gasteiger partial charge in [0, 0.05) is 26.2 Å². The van der Waals surface area contributed by atoms with E-state index in [-0.39, 0.29) is 38.0 Å². The van der Waals surface area contributed by atoms with E-state index in [0.717, 1.165) is 0 Å². The number of amides is 4. The van der Waals surface area contributed by atoms with Crippen molar-refractivity contribution in [2.24, 2.45) is 0 Å². The smallest absolute Gasteiger partial charge is 0.408 e. The molecule has 0 unspecified atom stereocenters. The summed E-state index contributed by atoms with van der Waals surface area (Å²) in [5, 5.41) is 5.41. The van der Waals surface area contributed by atoms with Gasteiger partial charge in [0.1, 0.15) is 23.3 Å². The number of nitrogens with zero attached hydrogens (tertiary/aromatic N) is 2. The lowest BCUT2D eigenvalue weighted by Gasteiger charge is -2.38. The Labute approximate surface area is 236 Å². The molecule has 2 aromatic carbocycles.